The summed E-state index contributed by atoms with van der Waals surface area (Å²) in [7, 11) is 0. The standard InChI is InChI=1S/C12H11Cl2NO/c1-7-9(4-5-13)12(14)10-6-8(16)2-3-11(10)15-7/h2-3,6,16H,4-5H2,1H3. The number of hydrogen-bond acceptors (Lipinski definition) is 2. The molecule has 0 spiro atoms. The number of aryl methyl sites for hydroxylation is 1. The number of alkyl halides is 1. The number of nitrogens with zero attached hydrogens (tertiary/aromatic N) is 1. The lowest BCUT2D eigenvalue weighted by molar-refractivity contribution is 0.476. The number of aromatic hydroxyl groups is 1. The molecule has 1 heterocycles. The average Bonchev–Trinajstić information content (AvgIpc) is 2.26. The molecule has 1 aromatic heterocycles. The monoisotopic (exact) mass is 255 g/mol. The molecule has 84 valence electrons. The molecule has 4 heteroatoms. The molecule has 2 rings (SSSR count). The smallest absolute Gasteiger partial charge is 0.116 e. The van der Waals surface area contributed by atoms with Crippen molar-refractivity contribution in [3.8, 4) is 5.75 Å². The Balaban J connectivity index is 2.74. The molecule has 0 radical (unpaired) electrons. The van der Waals surface area contributed by atoms with Crippen molar-refractivity contribution in [3.63, 3.8) is 0 Å². The summed E-state index contributed by atoms with van der Waals surface area (Å²) in [6.45, 7) is 1.92. The van der Waals surface area contributed by atoms with Gasteiger partial charge in [0.1, 0.15) is 5.75 Å². The molecule has 0 saturated carbocycles. The molecule has 2 aromatic rings. The largest absolute Gasteiger partial charge is 0.508 e. The van der Waals surface area contributed by atoms with Crippen LogP contribution in [0.4, 0.5) is 0 Å². The van der Waals surface area contributed by atoms with E-state index >= 15 is 0 Å². The summed E-state index contributed by atoms with van der Waals surface area (Å²) in [5, 5.41) is 10.8. The first-order chi connectivity index (χ1) is 7.63. The van der Waals surface area contributed by atoms with Crippen LogP contribution in [0.25, 0.3) is 10.9 Å². The molecule has 2 nitrogen and oxygen atoms in total. The number of fused-ring (bicyclic) bond motifs is 1. The van der Waals surface area contributed by atoms with Crippen LogP contribution in [-0.4, -0.2) is 16.0 Å². The van der Waals surface area contributed by atoms with Gasteiger partial charge in [-0.3, -0.25) is 4.98 Å². The van der Waals surface area contributed by atoms with E-state index in [9.17, 15) is 5.11 Å². The number of halogens is 2. The van der Waals surface area contributed by atoms with Crippen LogP contribution in [0.1, 0.15) is 11.3 Å². The molecule has 1 N–H and O–H groups in total. The van der Waals surface area contributed by atoms with Crippen molar-refractivity contribution in [2.45, 2.75) is 13.3 Å². The molecule has 0 amide bonds. The maximum Gasteiger partial charge on any atom is 0.116 e. The first kappa shape index (κ1) is 11.5. The van der Waals surface area contributed by atoms with Crippen LogP contribution in [0.3, 0.4) is 0 Å². The highest BCUT2D eigenvalue weighted by Crippen LogP contribution is 2.30. The zero-order chi connectivity index (χ0) is 11.7. The summed E-state index contributed by atoms with van der Waals surface area (Å²) >= 11 is 12.0. The van der Waals surface area contributed by atoms with Crippen LogP contribution in [-0.2, 0) is 6.42 Å². The molecule has 0 aliphatic carbocycles. The fraction of sp³-hybridized carbons (Fsp3) is 0.250. The maximum absolute atomic E-state index is 9.43. The van der Waals surface area contributed by atoms with Crippen LogP contribution < -0.4 is 0 Å². The van der Waals surface area contributed by atoms with Gasteiger partial charge in [-0.25, -0.2) is 0 Å². The van der Waals surface area contributed by atoms with E-state index < -0.39 is 0 Å². The van der Waals surface area contributed by atoms with Gasteiger partial charge in [0.2, 0.25) is 0 Å². The van der Waals surface area contributed by atoms with Crippen molar-refractivity contribution in [1.29, 1.82) is 0 Å². The Kier molecular flexibility index (Phi) is 3.22. The van der Waals surface area contributed by atoms with Crippen LogP contribution >= 0.6 is 23.2 Å². The first-order valence-corrected chi connectivity index (χ1v) is 5.88. The normalized spacial score (nSPS) is 10.9. The van der Waals surface area contributed by atoms with Gasteiger partial charge < -0.3 is 5.11 Å². The minimum absolute atomic E-state index is 0.192. The molecule has 0 saturated heterocycles. The SMILES string of the molecule is Cc1nc2ccc(O)cc2c(Cl)c1CCCl. The van der Waals surface area contributed by atoms with Gasteiger partial charge in [0.15, 0.2) is 0 Å². The second-order valence-electron chi connectivity index (χ2n) is 3.63. The van der Waals surface area contributed by atoms with Crippen molar-refractivity contribution < 1.29 is 5.11 Å². The van der Waals surface area contributed by atoms with Crippen molar-refractivity contribution in [2.75, 3.05) is 5.88 Å². The van der Waals surface area contributed by atoms with Crippen molar-refractivity contribution in [1.82, 2.24) is 4.98 Å². The number of benzene rings is 1. The van der Waals surface area contributed by atoms with E-state index in [-0.39, 0.29) is 5.75 Å². The molecule has 0 unspecified atom stereocenters. The van der Waals surface area contributed by atoms with Crippen molar-refractivity contribution in [2.24, 2.45) is 0 Å². The number of hydrogen-bond donors (Lipinski definition) is 1. The van der Waals surface area contributed by atoms with Gasteiger partial charge in [-0.2, -0.15) is 0 Å². The summed E-state index contributed by atoms with van der Waals surface area (Å²) in [5.41, 5.74) is 2.64. The predicted molar refractivity (Wildman–Crippen MR) is 67.6 cm³/mol. The number of phenolic OH excluding ortho intramolecular Hbond substituents is 1. The summed E-state index contributed by atoms with van der Waals surface area (Å²) in [4.78, 5) is 4.44. The zero-order valence-electron chi connectivity index (χ0n) is 8.80. The van der Waals surface area contributed by atoms with E-state index in [0.717, 1.165) is 22.2 Å². The minimum atomic E-state index is 0.192. The summed E-state index contributed by atoms with van der Waals surface area (Å²) in [6, 6.07) is 4.99. The topological polar surface area (TPSA) is 33.1 Å². The molecular weight excluding hydrogens is 245 g/mol. The quantitative estimate of drug-likeness (QED) is 0.831. The Morgan fingerprint density at radius 2 is 2.12 bits per heavy atom. The van der Waals surface area contributed by atoms with E-state index in [2.05, 4.69) is 4.98 Å². The van der Waals surface area contributed by atoms with E-state index in [1.165, 1.54) is 0 Å². The molecular formula is C12H11Cl2NO. The third kappa shape index (κ3) is 1.95. The molecule has 1 aromatic carbocycles. The van der Waals surface area contributed by atoms with Gasteiger partial charge >= 0.3 is 0 Å². The Bertz CT molecular complexity index is 540. The van der Waals surface area contributed by atoms with Crippen LogP contribution in [0.15, 0.2) is 18.2 Å². The fourth-order valence-electron chi connectivity index (χ4n) is 1.75. The first-order valence-electron chi connectivity index (χ1n) is 4.97. The zero-order valence-corrected chi connectivity index (χ0v) is 10.3. The third-order valence-corrected chi connectivity index (χ3v) is 3.17. The molecule has 0 atom stereocenters. The number of aromatic nitrogens is 1. The average molecular weight is 256 g/mol. The van der Waals surface area contributed by atoms with Crippen LogP contribution in [0.2, 0.25) is 5.02 Å². The highest BCUT2D eigenvalue weighted by atomic mass is 35.5. The van der Waals surface area contributed by atoms with E-state index in [1.807, 2.05) is 6.92 Å². The lowest BCUT2D eigenvalue weighted by Crippen LogP contribution is -1.97. The molecule has 0 bridgehead atoms. The predicted octanol–water partition coefficient (Wildman–Crippen LogP) is 3.68. The third-order valence-electron chi connectivity index (χ3n) is 2.55. The van der Waals surface area contributed by atoms with Crippen LogP contribution in [0, 0.1) is 6.92 Å². The highest BCUT2D eigenvalue weighted by Gasteiger charge is 2.10. The van der Waals surface area contributed by atoms with E-state index in [1.54, 1.807) is 18.2 Å². The lowest BCUT2D eigenvalue weighted by atomic mass is 10.1. The molecule has 0 aliphatic heterocycles. The van der Waals surface area contributed by atoms with Crippen molar-refractivity contribution >= 4 is 34.1 Å². The van der Waals surface area contributed by atoms with Gasteiger partial charge in [0.05, 0.1) is 10.5 Å². The second kappa shape index (κ2) is 4.48. The van der Waals surface area contributed by atoms with Crippen LogP contribution in [0.5, 0.6) is 5.75 Å². The van der Waals surface area contributed by atoms with Gasteiger partial charge in [-0.1, -0.05) is 11.6 Å². The van der Waals surface area contributed by atoms with E-state index in [0.29, 0.717) is 17.3 Å². The molecule has 0 aliphatic rings. The van der Waals surface area contributed by atoms with Gasteiger partial charge in [0, 0.05) is 17.0 Å². The Morgan fingerprint density at radius 3 is 2.81 bits per heavy atom. The summed E-state index contributed by atoms with van der Waals surface area (Å²) in [6.07, 6.45) is 0.685. The number of rotatable bonds is 2. The lowest BCUT2D eigenvalue weighted by Gasteiger charge is -2.09. The Morgan fingerprint density at radius 1 is 1.38 bits per heavy atom. The Hall–Kier alpha value is -0.990. The number of pyridine rings is 1. The van der Waals surface area contributed by atoms with Gasteiger partial charge in [0.25, 0.3) is 0 Å². The molecule has 0 fully saturated rings. The second-order valence-corrected chi connectivity index (χ2v) is 4.39. The fourth-order valence-corrected chi connectivity index (χ4v) is 2.32. The van der Waals surface area contributed by atoms with Gasteiger partial charge in [-0.05, 0) is 37.1 Å². The summed E-state index contributed by atoms with van der Waals surface area (Å²) in [5.74, 6) is 0.698. The number of phenols is 1. The maximum atomic E-state index is 9.43. The minimum Gasteiger partial charge on any atom is -0.508 e. The van der Waals surface area contributed by atoms with Crippen molar-refractivity contribution in [3.05, 3.63) is 34.5 Å². The van der Waals surface area contributed by atoms with Gasteiger partial charge in [-0.15, -0.1) is 11.6 Å². The highest BCUT2D eigenvalue weighted by molar-refractivity contribution is 6.36. The Labute approximate surface area is 104 Å². The summed E-state index contributed by atoms with van der Waals surface area (Å²) < 4.78 is 0. The van der Waals surface area contributed by atoms with E-state index in [4.69, 9.17) is 23.2 Å². The molecule has 16 heavy (non-hydrogen) atoms.